The summed E-state index contributed by atoms with van der Waals surface area (Å²) in [5, 5.41) is 0.984. The second kappa shape index (κ2) is 7.61. The zero-order valence-electron chi connectivity index (χ0n) is 15.2. The number of amides is 1. The molecule has 0 atom stereocenters. The lowest BCUT2D eigenvalue weighted by molar-refractivity contribution is -0.113. The molecule has 0 saturated carbocycles. The molecule has 28 heavy (non-hydrogen) atoms. The van der Waals surface area contributed by atoms with Gasteiger partial charge in [0.15, 0.2) is 4.32 Å². The first-order chi connectivity index (χ1) is 13.6. The summed E-state index contributed by atoms with van der Waals surface area (Å²) in [6, 6.07) is 15.0. The van der Waals surface area contributed by atoms with E-state index < -0.39 is 0 Å². The number of benzene rings is 2. The molecule has 0 spiro atoms. The van der Waals surface area contributed by atoms with Gasteiger partial charge in [-0.2, -0.15) is 0 Å². The summed E-state index contributed by atoms with van der Waals surface area (Å²) in [5.41, 5.74) is 2.39. The van der Waals surface area contributed by atoms with Gasteiger partial charge >= 0.3 is 0 Å². The molecule has 1 saturated heterocycles. The van der Waals surface area contributed by atoms with E-state index in [0.717, 1.165) is 16.5 Å². The zero-order chi connectivity index (χ0) is 19.7. The Morgan fingerprint density at radius 1 is 1.11 bits per heavy atom. The number of nitrogens with zero attached hydrogens (tertiary/aromatic N) is 2. The van der Waals surface area contributed by atoms with E-state index in [0.29, 0.717) is 26.4 Å². The van der Waals surface area contributed by atoms with Crippen molar-refractivity contribution in [3.8, 4) is 11.5 Å². The van der Waals surface area contributed by atoms with Crippen molar-refractivity contribution in [2.24, 2.45) is 0 Å². The van der Waals surface area contributed by atoms with Crippen LogP contribution in [0.1, 0.15) is 5.56 Å². The molecule has 3 aromatic rings. The van der Waals surface area contributed by atoms with E-state index in [-0.39, 0.29) is 5.91 Å². The summed E-state index contributed by atoms with van der Waals surface area (Å²) in [6.45, 7) is 0. The topological polar surface area (TPSA) is 51.7 Å². The van der Waals surface area contributed by atoms with Crippen LogP contribution in [0.25, 0.3) is 17.0 Å². The lowest BCUT2D eigenvalue weighted by Crippen LogP contribution is -2.27. The van der Waals surface area contributed by atoms with Gasteiger partial charge in [-0.1, -0.05) is 42.2 Å². The van der Waals surface area contributed by atoms with Crippen molar-refractivity contribution in [1.29, 1.82) is 0 Å². The number of anilines is 1. The maximum atomic E-state index is 13.1. The number of para-hydroxylation sites is 1. The zero-order valence-corrected chi connectivity index (χ0v) is 16.8. The van der Waals surface area contributed by atoms with Crippen LogP contribution < -0.4 is 14.4 Å². The Morgan fingerprint density at radius 3 is 2.71 bits per heavy atom. The summed E-state index contributed by atoms with van der Waals surface area (Å²) >= 11 is 6.76. The predicted octanol–water partition coefficient (Wildman–Crippen LogP) is 4.66. The van der Waals surface area contributed by atoms with Gasteiger partial charge in [-0.25, -0.2) is 0 Å². The maximum absolute atomic E-state index is 13.1. The predicted molar refractivity (Wildman–Crippen MR) is 117 cm³/mol. The van der Waals surface area contributed by atoms with Gasteiger partial charge in [0.2, 0.25) is 0 Å². The number of thiocarbonyl (C=S) groups is 1. The molecule has 1 aliphatic heterocycles. The molecule has 7 heteroatoms. The third kappa shape index (κ3) is 3.23. The Labute approximate surface area is 172 Å². The molecule has 140 valence electrons. The molecule has 1 fully saturated rings. The van der Waals surface area contributed by atoms with Crippen LogP contribution in [0.5, 0.6) is 11.5 Å². The molecular weight excluding hydrogens is 392 g/mol. The van der Waals surface area contributed by atoms with Crippen LogP contribution in [0.15, 0.2) is 59.6 Å². The number of aromatic nitrogens is 1. The number of pyridine rings is 1. The third-order valence-corrected chi connectivity index (χ3v) is 5.69. The normalized spacial score (nSPS) is 15.5. The summed E-state index contributed by atoms with van der Waals surface area (Å²) in [5.74, 6) is 0.982. The molecular formula is C21H16N2O3S2. The first-order valence-corrected chi connectivity index (χ1v) is 9.68. The van der Waals surface area contributed by atoms with Crippen LogP contribution in [0.2, 0.25) is 0 Å². The van der Waals surface area contributed by atoms with Gasteiger partial charge < -0.3 is 9.47 Å². The molecule has 0 N–H and O–H groups in total. The fourth-order valence-electron chi connectivity index (χ4n) is 3.03. The van der Waals surface area contributed by atoms with Gasteiger partial charge in [0.25, 0.3) is 5.91 Å². The van der Waals surface area contributed by atoms with Crippen molar-refractivity contribution in [1.82, 2.24) is 4.98 Å². The van der Waals surface area contributed by atoms with Crippen molar-refractivity contribution in [3.63, 3.8) is 0 Å². The van der Waals surface area contributed by atoms with E-state index in [2.05, 4.69) is 4.98 Å². The van der Waals surface area contributed by atoms with Crippen LogP contribution in [0, 0.1) is 0 Å². The fourth-order valence-corrected chi connectivity index (χ4v) is 4.31. The summed E-state index contributed by atoms with van der Waals surface area (Å²) in [6.07, 6.45) is 3.60. The van der Waals surface area contributed by atoms with Gasteiger partial charge in [0, 0.05) is 17.6 Å². The molecule has 2 aromatic carbocycles. The van der Waals surface area contributed by atoms with Crippen molar-refractivity contribution in [2.75, 3.05) is 19.1 Å². The van der Waals surface area contributed by atoms with E-state index in [4.69, 9.17) is 21.7 Å². The maximum Gasteiger partial charge on any atom is 0.270 e. The SMILES string of the molecule is COc1ccc(N2C(=O)C(=Cc3ccnc4ccccc34)SC2=S)c(OC)c1. The Kier molecular flexibility index (Phi) is 5.02. The minimum absolute atomic E-state index is 0.181. The highest BCUT2D eigenvalue weighted by Crippen LogP contribution is 2.41. The Bertz CT molecular complexity index is 1120. The van der Waals surface area contributed by atoms with E-state index >= 15 is 0 Å². The van der Waals surface area contributed by atoms with Gasteiger partial charge in [-0.05, 0) is 35.9 Å². The van der Waals surface area contributed by atoms with Crippen molar-refractivity contribution in [3.05, 3.63) is 65.2 Å². The highest BCUT2D eigenvalue weighted by molar-refractivity contribution is 8.27. The molecule has 1 aliphatic rings. The number of hydrogen-bond donors (Lipinski definition) is 0. The lowest BCUT2D eigenvalue weighted by Gasteiger charge is -2.18. The minimum atomic E-state index is -0.181. The molecule has 0 bridgehead atoms. The summed E-state index contributed by atoms with van der Waals surface area (Å²) in [7, 11) is 3.13. The lowest BCUT2D eigenvalue weighted by atomic mass is 10.1. The summed E-state index contributed by atoms with van der Waals surface area (Å²) < 4.78 is 11.1. The Hall–Kier alpha value is -2.90. The number of thioether (sulfide) groups is 1. The number of rotatable bonds is 4. The van der Waals surface area contributed by atoms with Gasteiger partial charge in [0.1, 0.15) is 11.5 Å². The second-order valence-corrected chi connectivity index (χ2v) is 7.65. The van der Waals surface area contributed by atoms with Crippen LogP contribution in [0.3, 0.4) is 0 Å². The largest absolute Gasteiger partial charge is 0.497 e. The first-order valence-electron chi connectivity index (χ1n) is 8.46. The Morgan fingerprint density at radius 2 is 1.93 bits per heavy atom. The highest BCUT2D eigenvalue weighted by Gasteiger charge is 2.35. The van der Waals surface area contributed by atoms with Gasteiger partial charge in [-0.15, -0.1) is 0 Å². The van der Waals surface area contributed by atoms with Crippen LogP contribution in [-0.2, 0) is 4.79 Å². The summed E-state index contributed by atoms with van der Waals surface area (Å²) in [4.78, 5) is 19.5. The monoisotopic (exact) mass is 408 g/mol. The van der Waals surface area contributed by atoms with E-state index in [1.165, 1.54) is 16.7 Å². The molecule has 0 aliphatic carbocycles. The molecule has 0 unspecified atom stereocenters. The van der Waals surface area contributed by atoms with Crippen LogP contribution >= 0.6 is 24.0 Å². The average Bonchev–Trinajstić information content (AvgIpc) is 3.00. The smallest absolute Gasteiger partial charge is 0.270 e. The molecule has 1 aromatic heterocycles. The van der Waals surface area contributed by atoms with Crippen molar-refractivity contribution >= 4 is 56.9 Å². The number of carbonyl (C=O) groups excluding carboxylic acids is 1. The average molecular weight is 409 g/mol. The number of methoxy groups -OCH3 is 2. The van der Waals surface area contributed by atoms with Crippen molar-refractivity contribution in [2.45, 2.75) is 0 Å². The highest BCUT2D eigenvalue weighted by atomic mass is 32.2. The number of hydrogen-bond acceptors (Lipinski definition) is 6. The van der Waals surface area contributed by atoms with Gasteiger partial charge in [0.05, 0.1) is 30.3 Å². The standard InChI is InChI=1S/C21H16N2O3S2/c1-25-14-7-8-17(18(12-14)26-2)23-20(24)19(28-21(23)27)11-13-9-10-22-16-6-4-3-5-15(13)16/h3-12H,1-2H3. The van der Waals surface area contributed by atoms with E-state index in [1.54, 1.807) is 38.6 Å². The third-order valence-electron chi connectivity index (χ3n) is 4.39. The first kappa shape index (κ1) is 18.5. The van der Waals surface area contributed by atoms with Crippen LogP contribution in [-0.4, -0.2) is 29.4 Å². The molecule has 2 heterocycles. The van der Waals surface area contributed by atoms with E-state index in [9.17, 15) is 4.79 Å². The number of carbonyl (C=O) groups is 1. The number of ether oxygens (including phenoxy) is 2. The Balaban J connectivity index is 1.74. The quantitative estimate of drug-likeness (QED) is 0.462. The fraction of sp³-hybridized carbons (Fsp3) is 0.0952. The van der Waals surface area contributed by atoms with Gasteiger partial charge in [-0.3, -0.25) is 14.7 Å². The molecule has 1 amide bonds. The minimum Gasteiger partial charge on any atom is -0.497 e. The molecule has 0 radical (unpaired) electrons. The van der Waals surface area contributed by atoms with E-state index in [1.807, 2.05) is 36.4 Å². The second-order valence-electron chi connectivity index (χ2n) is 5.97. The van der Waals surface area contributed by atoms with Crippen LogP contribution in [0.4, 0.5) is 5.69 Å². The van der Waals surface area contributed by atoms with Crippen molar-refractivity contribution < 1.29 is 14.3 Å². The molecule has 5 nitrogen and oxygen atoms in total. The number of fused-ring (bicyclic) bond motifs is 1. The molecule has 4 rings (SSSR count).